The molecule has 49 heavy (non-hydrogen) atoms. The van der Waals surface area contributed by atoms with Gasteiger partial charge in [0, 0.05) is 56.1 Å². The van der Waals surface area contributed by atoms with Crippen LogP contribution in [0.25, 0.3) is 0 Å². The van der Waals surface area contributed by atoms with Crippen LogP contribution in [0, 0.1) is 18.2 Å². The van der Waals surface area contributed by atoms with E-state index in [0.717, 1.165) is 19.3 Å². The Balaban J connectivity index is 1.18. The van der Waals surface area contributed by atoms with Gasteiger partial charge in [-0.3, -0.25) is 14.7 Å². The van der Waals surface area contributed by atoms with Gasteiger partial charge >= 0.3 is 18.0 Å². The van der Waals surface area contributed by atoms with Crippen molar-refractivity contribution in [2.75, 3.05) is 53.1 Å². The minimum Gasteiger partial charge on any atom is -0.466 e. The number of carbonyl (C=O) groups excluding carboxylic acids is 3. The van der Waals surface area contributed by atoms with Crippen LogP contribution in [0.3, 0.4) is 0 Å². The van der Waals surface area contributed by atoms with E-state index in [-0.39, 0.29) is 47.5 Å². The van der Waals surface area contributed by atoms with Crippen molar-refractivity contribution in [2.24, 2.45) is 10.4 Å². The molecule has 12 nitrogen and oxygen atoms in total. The number of thiazole rings is 1. The third kappa shape index (κ3) is 5.80. The molecule has 1 aromatic heterocycles. The largest absolute Gasteiger partial charge is 0.466 e. The summed E-state index contributed by atoms with van der Waals surface area (Å²) in [5, 5.41) is 5.92. The zero-order valence-electron chi connectivity index (χ0n) is 28.4. The monoisotopic (exact) mass is 694 g/mol. The van der Waals surface area contributed by atoms with Gasteiger partial charge in [-0.2, -0.15) is 0 Å². The van der Waals surface area contributed by atoms with Gasteiger partial charge in [-0.1, -0.05) is 12.1 Å². The van der Waals surface area contributed by atoms with E-state index in [4.69, 9.17) is 19.2 Å². The zero-order chi connectivity index (χ0) is 34.5. The van der Waals surface area contributed by atoms with E-state index < -0.39 is 12.0 Å². The fourth-order valence-corrected chi connectivity index (χ4v) is 9.36. The number of piperazine rings is 1. The maximum Gasteiger partial charge on any atom is 0.338 e. The van der Waals surface area contributed by atoms with E-state index in [9.17, 15) is 18.8 Å². The summed E-state index contributed by atoms with van der Waals surface area (Å²) in [5.74, 6) is -0.571. The number of carbonyl (C=O) groups is 3. The third-order valence-corrected chi connectivity index (χ3v) is 11.6. The number of amides is 2. The van der Waals surface area contributed by atoms with Crippen molar-refractivity contribution in [1.29, 1.82) is 0 Å². The molecule has 6 aliphatic rings. The summed E-state index contributed by atoms with van der Waals surface area (Å²) in [6, 6.07) is 3.75. The second-order valence-electron chi connectivity index (χ2n) is 13.8. The van der Waals surface area contributed by atoms with Crippen LogP contribution in [-0.2, 0) is 23.8 Å². The number of hydrogen-bond acceptors (Lipinski definition) is 11. The molecule has 2 amide bonds. The molecule has 1 N–H and O–H groups in total. The van der Waals surface area contributed by atoms with Crippen LogP contribution in [0.2, 0.25) is 0 Å². The van der Waals surface area contributed by atoms with Crippen LogP contribution in [0.5, 0.6) is 0 Å². The van der Waals surface area contributed by atoms with Crippen molar-refractivity contribution >= 4 is 35.1 Å². The lowest BCUT2D eigenvalue weighted by atomic mass is 9.38. The number of nitrogens with one attached hydrogen (secondary N) is 1. The van der Waals surface area contributed by atoms with Crippen molar-refractivity contribution in [1.82, 2.24) is 25.0 Å². The molecule has 3 aliphatic carbocycles. The Bertz CT molecular complexity index is 1680. The van der Waals surface area contributed by atoms with Gasteiger partial charge < -0.3 is 29.3 Å². The number of nitrogens with zero attached hydrogens (tertiary/aromatic N) is 5. The van der Waals surface area contributed by atoms with Crippen molar-refractivity contribution < 1.29 is 33.0 Å². The fraction of sp³-hybridized carbons (Fsp3) is 0.571. The first-order valence-corrected chi connectivity index (χ1v) is 17.9. The van der Waals surface area contributed by atoms with E-state index in [1.165, 1.54) is 17.4 Å². The number of hydrogen-bond donors (Lipinski definition) is 1. The Hall–Kier alpha value is -3.88. The molecule has 0 unspecified atom stereocenters. The minimum absolute atomic E-state index is 0.0391. The summed E-state index contributed by atoms with van der Waals surface area (Å²) in [7, 11) is 1.66. The maximum atomic E-state index is 14.9. The number of methoxy groups -OCH3 is 1. The van der Waals surface area contributed by atoms with Gasteiger partial charge in [0.05, 0.1) is 43.9 Å². The SMILES string of the molecule is CCOC(=O)CC12CC(N3C[C@@H]4[C@@H](COC)N(CC5=C(C(=O)OCC)[C@H](c6cccc(F)c6C)N=C(c6nccs6)N5)CCN4C3=O)(C1)C2. The first kappa shape index (κ1) is 33.6. The number of benzene rings is 1. The second kappa shape index (κ2) is 13.1. The Kier molecular flexibility index (Phi) is 8.99. The van der Waals surface area contributed by atoms with Crippen LogP contribution < -0.4 is 5.32 Å². The van der Waals surface area contributed by atoms with Crippen molar-refractivity contribution in [2.45, 2.75) is 70.1 Å². The molecule has 0 spiro atoms. The topological polar surface area (TPSA) is 126 Å². The molecule has 4 heterocycles. The predicted octanol–water partition coefficient (Wildman–Crippen LogP) is 3.81. The number of urea groups is 1. The van der Waals surface area contributed by atoms with Crippen molar-refractivity contribution in [3.8, 4) is 0 Å². The number of ether oxygens (including phenoxy) is 3. The lowest BCUT2D eigenvalue weighted by Crippen LogP contribution is -2.75. The first-order chi connectivity index (χ1) is 23.6. The van der Waals surface area contributed by atoms with Crippen LogP contribution in [-0.4, -0.2) is 114 Å². The Morgan fingerprint density at radius 3 is 2.61 bits per heavy atom. The van der Waals surface area contributed by atoms with E-state index in [2.05, 4.69) is 15.2 Å². The highest BCUT2D eigenvalue weighted by Gasteiger charge is 2.73. The average molecular weight is 695 g/mol. The van der Waals surface area contributed by atoms with Crippen molar-refractivity contribution in [3.05, 3.63) is 63.0 Å². The van der Waals surface area contributed by atoms with E-state index in [1.807, 2.05) is 22.1 Å². The molecular weight excluding hydrogens is 651 g/mol. The van der Waals surface area contributed by atoms with E-state index in [0.29, 0.717) is 79.1 Å². The van der Waals surface area contributed by atoms with E-state index in [1.54, 1.807) is 39.3 Å². The summed E-state index contributed by atoms with van der Waals surface area (Å²) in [6.07, 6.45) is 4.57. The third-order valence-electron chi connectivity index (χ3n) is 10.9. The normalized spacial score (nSPS) is 29.1. The molecule has 3 saturated carbocycles. The number of halogens is 1. The average Bonchev–Trinajstić information content (AvgIpc) is 3.69. The highest BCUT2D eigenvalue weighted by atomic mass is 32.1. The first-order valence-electron chi connectivity index (χ1n) is 17.0. The van der Waals surface area contributed by atoms with Crippen LogP contribution in [0.1, 0.15) is 61.7 Å². The van der Waals surface area contributed by atoms with Gasteiger partial charge in [0.1, 0.15) is 11.9 Å². The number of aliphatic imine (C=N–C) groups is 1. The van der Waals surface area contributed by atoms with Gasteiger partial charge in [-0.05, 0) is 62.6 Å². The van der Waals surface area contributed by atoms with Gasteiger partial charge in [-0.25, -0.2) is 19.0 Å². The highest BCUT2D eigenvalue weighted by molar-refractivity contribution is 7.11. The van der Waals surface area contributed by atoms with Crippen LogP contribution in [0.4, 0.5) is 9.18 Å². The molecule has 0 radical (unpaired) electrons. The lowest BCUT2D eigenvalue weighted by molar-refractivity contribution is -0.210. The molecular formula is C35H43FN6O6S. The summed E-state index contributed by atoms with van der Waals surface area (Å²) in [6.45, 7) is 8.14. The molecule has 5 fully saturated rings. The number of esters is 2. The number of rotatable bonds is 12. The highest BCUT2D eigenvalue weighted by Crippen LogP contribution is 2.72. The Morgan fingerprint density at radius 2 is 1.92 bits per heavy atom. The van der Waals surface area contributed by atoms with Crippen LogP contribution in [0.15, 0.2) is 46.0 Å². The van der Waals surface area contributed by atoms with Gasteiger partial charge in [0.25, 0.3) is 0 Å². The van der Waals surface area contributed by atoms with Gasteiger partial charge in [0.2, 0.25) is 0 Å². The number of amidine groups is 1. The fourth-order valence-electron chi connectivity index (χ4n) is 8.77. The smallest absolute Gasteiger partial charge is 0.338 e. The molecule has 262 valence electrons. The molecule has 2 bridgehead atoms. The molecule has 3 atom stereocenters. The lowest BCUT2D eigenvalue weighted by Gasteiger charge is -2.73. The summed E-state index contributed by atoms with van der Waals surface area (Å²) < 4.78 is 31.5. The number of fused-ring (bicyclic) bond motifs is 1. The van der Waals surface area contributed by atoms with Gasteiger partial charge in [0.15, 0.2) is 10.8 Å². The summed E-state index contributed by atoms with van der Waals surface area (Å²) >= 11 is 1.42. The maximum absolute atomic E-state index is 14.9. The Labute approximate surface area is 289 Å². The van der Waals surface area contributed by atoms with Crippen LogP contribution >= 0.6 is 11.3 Å². The molecule has 8 rings (SSSR count). The molecule has 2 saturated heterocycles. The quantitative estimate of drug-likeness (QED) is 0.330. The zero-order valence-corrected chi connectivity index (χ0v) is 29.2. The molecule has 14 heteroatoms. The van der Waals surface area contributed by atoms with E-state index >= 15 is 0 Å². The standard InChI is InChI=1S/C35H43FN6O6S/c1-5-47-27(43)14-34-18-35(19-34,20-34)42-16-25-26(17-46-4)40(11-12-41(25)33(42)45)15-24-28(32(44)48-6-2)29(22-8-7-9-23(36)21(22)3)39-30(38-24)31-37-10-13-49-31/h7-10,13,25-26,29H,5-6,11-12,14-20H2,1-4H3,(H,38,39)/t25-,26-,29+,34?,35?/m1/s1. The summed E-state index contributed by atoms with van der Waals surface area (Å²) in [4.78, 5) is 55.5. The Morgan fingerprint density at radius 1 is 1.14 bits per heavy atom. The minimum atomic E-state index is -0.818. The van der Waals surface area contributed by atoms with Gasteiger partial charge in [-0.15, -0.1) is 11.3 Å². The number of aromatic nitrogens is 1. The van der Waals surface area contributed by atoms with Crippen molar-refractivity contribution in [3.63, 3.8) is 0 Å². The molecule has 2 aromatic rings. The molecule has 3 aliphatic heterocycles. The predicted molar refractivity (Wildman–Crippen MR) is 179 cm³/mol. The molecule has 1 aromatic carbocycles. The summed E-state index contributed by atoms with van der Waals surface area (Å²) in [5.41, 5.74) is 1.64. The second-order valence-corrected chi connectivity index (χ2v) is 14.7.